The largest absolute Gasteiger partial charge is 0.462 e. The standard InChI is InChI=1S/C21H28N4O5S/c1-5-30-21(27)18-14(2)19(22-15(18)3)20(26)23-16-7-6-8-17(13-16)31(28,29)25-11-9-24(4)10-12-25/h6-8,13,22H,5,9-12H2,1-4H3,(H,23,26). The molecule has 2 heterocycles. The Morgan fingerprint density at radius 1 is 1.16 bits per heavy atom. The zero-order chi connectivity index (χ0) is 22.8. The minimum absolute atomic E-state index is 0.126. The smallest absolute Gasteiger partial charge is 0.340 e. The van der Waals surface area contributed by atoms with Crippen molar-refractivity contribution in [1.82, 2.24) is 14.2 Å². The number of likely N-dealkylation sites (N-methyl/N-ethyl adjacent to an activating group) is 1. The number of nitrogens with one attached hydrogen (secondary N) is 2. The first kappa shape index (κ1) is 23.0. The second kappa shape index (κ2) is 9.21. The van der Waals surface area contributed by atoms with E-state index in [9.17, 15) is 18.0 Å². The van der Waals surface area contributed by atoms with Crippen molar-refractivity contribution >= 4 is 27.6 Å². The third-order valence-electron chi connectivity index (χ3n) is 5.34. The maximum Gasteiger partial charge on any atom is 0.340 e. The molecule has 0 unspecified atom stereocenters. The van der Waals surface area contributed by atoms with Crippen LogP contribution in [-0.2, 0) is 14.8 Å². The number of ether oxygens (including phenoxy) is 1. The first-order valence-electron chi connectivity index (χ1n) is 10.1. The summed E-state index contributed by atoms with van der Waals surface area (Å²) in [6.45, 7) is 7.50. The number of piperazine rings is 1. The zero-order valence-electron chi connectivity index (χ0n) is 18.2. The average Bonchev–Trinajstić information content (AvgIpc) is 3.03. The fourth-order valence-electron chi connectivity index (χ4n) is 3.59. The molecule has 0 atom stereocenters. The van der Waals surface area contributed by atoms with Crippen LogP contribution >= 0.6 is 0 Å². The van der Waals surface area contributed by atoms with E-state index in [2.05, 4.69) is 15.2 Å². The van der Waals surface area contributed by atoms with Gasteiger partial charge < -0.3 is 19.9 Å². The molecule has 0 aliphatic carbocycles. The van der Waals surface area contributed by atoms with Gasteiger partial charge in [-0.15, -0.1) is 0 Å². The summed E-state index contributed by atoms with van der Waals surface area (Å²) in [7, 11) is -1.69. The first-order chi connectivity index (χ1) is 14.6. The number of nitrogens with zero attached hydrogens (tertiary/aromatic N) is 2. The van der Waals surface area contributed by atoms with E-state index in [0.717, 1.165) is 0 Å². The van der Waals surface area contributed by atoms with Gasteiger partial charge in [-0.3, -0.25) is 4.79 Å². The van der Waals surface area contributed by atoms with Gasteiger partial charge in [0, 0.05) is 37.6 Å². The zero-order valence-corrected chi connectivity index (χ0v) is 19.0. The lowest BCUT2D eigenvalue weighted by molar-refractivity contribution is 0.0525. The van der Waals surface area contributed by atoms with Gasteiger partial charge in [-0.25, -0.2) is 13.2 Å². The Hall–Kier alpha value is -2.69. The number of aromatic nitrogens is 1. The van der Waals surface area contributed by atoms with Crippen LogP contribution in [0.1, 0.15) is 39.0 Å². The molecule has 3 rings (SSSR count). The van der Waals surface area contributed by atoms with Crippen molar-refractivity contribution < 1.29 is 22.7 Å². The van der Waals surface area contributed by atoms with Crippen molar-refractivity contribution in [3.05, 3.63) is 46.8 Å². The molecule has 1 aliphatic heterocycles. The van der Waals surface area contributed by atoms with E-state index in [0.29, 0.717) is 48.7 Å². The van der Waals surface area contributed by atoms with Crippen molar-refractivity contribution in [2.24, 2.45) is 0 Å². The molecule has 168 valence electrons. The number of esters is 1. The maximum absolute atomic E-state index is 13.0. The normalized spacial score (nSPS) is 15.6. The second-order valence-corrected chi connectivity index (χ2v) is 9.47. The number of rotatable bonds is 6. The first-order valence-corrected chi connectivity index (χ1v) is 11.6. The monoisotopic (exact) mass is 448 g/mol. The summed E-state index contributed by atoms with van der Waals surface area (Å²) < 4.78 is 32.5. The molecule has 31 heavy (non-hydrogen) atoms. The molecule has 0 bridgehead atoms. The van der Waals surface area contributed by atoms with Gasteiger partial charge in [0.05, 0.1) is 17.1 Å². The molecule has 1 amide bonds. The molecule has 0 saturated carbocycles. The summed E-state index contributed by atoms with van der Waals surface area (Å²) >= 11 is 0. The Labute approximate surface area is 182 Å². The summed E-state index contributed by atoms with van der Waals surface area (Å²) in [5, 5.41) is 2.72. The van der Waals surface area contributed by atoms with Crippen molar-refractivity contribution in [3.8, 4) is 0 Å². The van der Waals surface area contributed by atoms with Crippen molar-refractivity contribution in [3.63, 3.8) is 0 Å². The number of sulfonamides is 1. The minimum Gasteiger partial charge on any atom is -0.462 e. The van der Waals surface area contributed by atoms with Gasteiger partial charge in [-0.2, -0.15) is 4.31 Å². The lowest BCUT2D eigenvalue weighted by Gasteiger charge is -2.31. The number of hydrogen-bond donors (Lipinski definition) is 2. The van der Waals surface area contributed by atoms with Crippen molar-refractivity contribution in [2.75, 3.05) is 45.2 Å². The number of benzene rings is 1. The predicted octanol–water partition coefficient (Wildman–Crippen LogP) is 2.00. The number of aryl methyl sites for hydroxylation is 1. The molecule has 1 aromatic heterocycles. The fraction of sp³-hybridized carbons (Fsp3) is 0.429. The molecule has 1 aliphatic rings. The van der Waals surface area contributed by atoms with E-state index in [-0.39, 0.29) is 17.2 Å². The van der Waals surface area contributed by atoms with Crippen molar-refractivity contribution in [2.45, 2.75) is 25.7 Å². The van der Waals surface area contributed by atoms with Gasteiger partial charge in [0.25, 0.3) is 5.91 Å². The number of amides is 1. The van der Waals surface area contributed by atoms with Gasteiger partial charge >= 0.3 is 5.97 Å². The highest BCUT2D eigenvalue weighted by Gasteiger charge is 2.28. The van der Waals surface area contributed by atoms with Gasteiger partial charge in [-0.1, -0.05) is 6.07 Å². The summed E-state index contributed by atoms with van der Waals surface area (Å²) in [6.07, 6.45) is 0. The molecular weight excluding hydrogens is 420 g/mol. The van der Waals surface area contributed by atoms with Gasteiger partial charge in [0.15, 0.2) is 0 Å². The number of aromatic amines is 1. The second-order valence-electron chi connectivity index (χ2n) is 7.53. The lowest BCUT2D eigenvalue weighted by Crippen LogP contribution is -2.47. The van der Waals surface area contributed by atoms with Crippen LogP contribution in [0.5, 0.6) is 0 Å². The minimum atomic E-state index is -3.65. The molecule has 10 heteroatoms. The van der Waals surface area contributed by atoms with Crippen LogP contribution in [0.3, 0.4) is 0 Å². The molecule has 1 aromatic carbocycles. The van der Waals surface area contributed by atoms with Gasteiger partial charge in [-0.05, 0) is 51.6 Å². The number of carbonyl (C=O) groups excluding carboxylic acids is 2. The molecular formula is C21H28N4O5S. The topological polar surface area (TPSA) is 112 Å². The van der Waals surface area contributed by atoms with Crippen LogP contribution in [-0.4, -0.2) is 74.3 Å². The van der Waals surface area contributed by atoms with Crippen LogP contribution in [0.4, 0.5) is 5.69 Å². The maximum atomic E-state index is 13.0. The third kappa shape index (κ3) is 4.81. The van der Waals surface area contributed by atoms with Gasteiger partial charge in [0.2, 0.25) is 10.0 Å². The summed E-state index contributed by atoms with van der Waals surface area (Å²) in [6, 6.07) is 6.18. The highest BCUT2D eigenvalue weighted by atomic mass is 32.2. The average molecular weight is 449 g/mol. The third-order valence-corrected chi connectivity index (χ3v) is 7.23. The number of H-pyrrole nitrogens is 1. The highest BCUT2D eigenvalue weighted by Crippen LogP contribution is 2.23. The summed E-state index contributed by atoms with van der Waals surface area (Å²) in [4.78, 5) is 30.1. The van der Waals surface area contributed by atoms with E-state index in [1.54, 1.807) is 32.9 Å². The predicted molar refractivity (Wildman–Crippen MR) is 117 cm³/mol. The van der Waals surface area contributed by atoms with Crippen molar-refractivity contribution in [1.29, 1.82) is 0 Å². The highest BCUT2D eigenvalue weighted by molar-refractivity contribution is 7.89. The number of carbonyl (C=O) groups is 2. The molecule has 9 nitrogen and oxygen atoms in total. The van der Waals surface area contributed by atoms with E-state index >= 15 is 0 Å². The van der Waals surface area contributed by atoms with Crippen LogP contribution in [0, 0.1) is 13.8 Å². The van der Waals surface area contributed by atoms with Crippen LogP contribution in [0.25, 0.3) is 0 Å². The molecule has 0 spiro atoms. The summed E-state index contributed by atoms with van der Waals surface area (Å²) in [5.41, 5.74) is 1.93. The van der Waals surface area contributed by atoms with Gasteiger partial charge in [0.1, 0.15) is 5.69 Å². The molecule has 2 aromatic rings. The lowest BCUT2D eigenvalue weighted by atomic mass is 10.1. The van der Waals surface area contributed by atoms with E-state index in [4.69, 9.17) is 4.74 Å². The SMILES string of the molecule is CCOC(=O)c1c(C)[nH]c(C(=O)Nc2cccc(S(=O)(=O)N3CCN(C)CC3)c2)c1C. The number of hydrogen-bond acceptors (Lipinski definition) is 6. The van der Waals surface area contributed by atoms with E-state index < -0.39 is 21.9 Å². The molecule has 2 N–H and O–H groups in total. The molecule has 1 saturated heterocycles. The molecule has 1 fully saturated rings. The summed E-state index contributed by atoms with van der Waals surface area (Å²) in [5.74, 6) is -0.960. The Balaban J connectivity index is 1.81. The van der Waals surface area contributed by atoms with Crippen LogP contribution in [0.2, 0.25) is 0 Å². The fourth-order valence-corrected chi connectivity index (χ4v) is 5.06. The quantitative estimate of drug-likeness (QED) is 0.654. The Morgan fingerprint density at radius 3 is 2.48 bits per heavy atom. The Morgan fingerprint density at radius 2 is 1.84 bits per heavy atom. The Kier molecular flexibility index (Phi) is 6.83. The van der Waals surface area contributed by atoms with Crippen LogP contribution < -0.4 is 5.32 Å². The number of anilines is 1. The Bertz CT molecular complexity index is 1090. The van der Waals surface area contributed by atoms with Crippen LogP contribution in [0.15, 0.2) is 29.2 Å². The van der Waals surface area contributed by atoms with E-state index in [1.807, 2.05) is 7.05 Å². The van der Waals surface area contributed by atoms with E-state index in [1.165, 1.54) is 16.4 Å². The molecule has 0 radical (unpaired) electrons.